The van der Waals surface area contributed by atoms with Gasteiger partial charge in [0, 0.05) is 12.6 Å². The average Bonchev–Trinajstić information content (AvgIpc) is 2.98. The first kappa shape index (κ1) is 16.8. The maximum Gasteiger partial charge on any atom is 0.246 e. The first-order chi connectivity index (χ1) is 10.0. The summed E-state index contributed by atoms with van der Waals surface area (Å²) in [6.07, 6.45) is 9.00. The highest BCUT2D eigenvalue weighted by molar-refractivity contribution is 5.77. The van der Waals surface area contributed by atoms with Crippen LogP contribution in [0.15, 0.2) is 0 Å². The van der Waals surface area contributed by atoms with E-state index in [0.29, 0.717) is 12.6 Å². The van der Waals surface area contributed by atoms with E-state index >= 15 is 0 Å². The van der Waals surface area contributed by atoms with Gasteiger partial charge in [0.05, 0.1) is 5.60 Å². The van der Waals surface area contributed by atoms with Crippen LogP contribution in [-0.2, 0) is 9.53 Å². The zero-order valence-electron chi connectivity index (χ0n) is 13.7. The predicted octanol–water partition coefficient (Wildman–Crippen LogP) is 2.61. The van der Waals surface area contributed by atoms with Crippen molar-refractivity contribution in [1.29, 1.82) is 0 Å². The fraction of sp³-hybridized carbons (Fsp3) is 0.941. The SMILES string of the molecule is CC(C)C1CCC(CN)(OCC(=O)NC2CCCC2)CC1. The Morgan fingerprint density at radius 2 is 1.86 bits per heavy atom. The molecular formula is C17H32N2O2. The lowest BCUT2D eigenvalue weighted by Crippen LogP contribution is -2.47. The topological polar surface area (TPSA) is 64.3 Å². The number of rotatable bonds is 6. The van der Waals surface area contributed by atoms with E-state index in [2.05, 4.69) is 19.2 Å². The van der Waals surface area contributed by atoms with Gasteiger partial charge in [-0.1, -0.05) is 26.7 Å². The number of ether oxygens (including phenoxy) is 1. The molecule has 1 amide bonds. The van der Waals surface area contributed by atoms with E-state index < -0.39 is 0 Å². The highest BCUT2D eigenvalue weighted by Gasteiger charge is 2.36. The van der Waals surface area contributed by atoms with Crippen molar-refractivity contribution >= 4 is 5.91 Å². The van der Waals surface area contributed by atoms with Crippen LogP contribution in [0.3, 0.4) is 0 Å². The van der Waals surface area contributed by atoms with Crippen LogP contribution in [0.2, 0.25) is 0 Å². The van der Waals surface area contributed by atoms with Gasteiger partial charge in [0.15, 0.2) is 0 Å². The van der Waals surface area contributed by atoms with Crippen molar-refractivity contribution in [2.24, 2.45) is 17.6 Å². The summed E-state index contributed by atoms with van der Waals surface area (Å²) in [5.74, 6) is 1.53. The third kappa shape index (κ3) is 4.68. The summed E-state index contributed by atoms with van der Waals surface area (Å²) in [4.78, 5) is 12.0. The maximum atomic E-state index is 12.0. The molecule has 0 unspecified atom stereocenters. The Labute approximate surface area is 129 Å². The number of nitrogens with two attached hydrogens (primary N) is 1. The molecular weight excluding hydrogens is 264 g/mol. The molecule has 4 heteroatoms. The second-order valence-corrected chi connectivity index (χ2v) is 7.31. The largest absolute Gasteiger partial charge is 0.364 e. The van der Waals surface area contributed by atoms with Crippen molar-refractivity contribution in [3.63, 3.8) is 0 Å². The Bertz CT molecular complexity index is 330. The van der Waals surface area contributed by atoms with E-state index in [0.717, 1.165) is 37.5 Å². The highest BCUT2D eigenvalue weighted by atomic mass is 16.5. The second-order valence-electron chi connectivity index (χ2n) is 7.31. The molecule has 21 heavy (non-hydrogen) atoms. The van der Waals surface area contributed by atoms with Crippen molar-refractivity contribution in [3.05, 3.63) is 0 Å². The summed E-state index contributed by atoms with van der Waals surface area (Å²) in [5, 5.41) is 3.08. The minimum absolute atomic E-state index is 0.0284. The molecule has 0 spiro atoms. The van der Waals surface area contributed by atoms with Gasteiger partial charge in [-0.25, -0.2) is 0 Å². The zero-order chi connectivity index (χ0) is 15.3. The average molecular weight is 296 g/mol. The van der Waals surface area contributed by atoms with E-state index in [9.17, 15) is 4.79 Å². The van der Waals surface area contributed by atoms with E-state index in [1.807, 2.05) is 0 Å². The third-order valence-electron chi connectivity index (χ3n) is 5.49. The molecule has 0 aromatic rings. The van der Waals surface area contributed by atoms with Gasteiger partial charge in [0.2, 0.25) is 5.91 Å². The number of hydrogen-bond donors (Lipinski definition) is 2. The smallest absolute Gasteiger partial charge is 0.246 e. The highest BCUT2D eigenvalue weighted by Crippen LogP contribution is 2.37. The molecule has 2 fully saturated rings. The lowest BCUT2D eigenvalue weighted by molar-refractivity contribution is -0.137. The van der Waals surface area contributed by atoms with Crippen LogP contribution in [0.5, 0.6) is 0 Å². The van der Waals surface area contributed by atoms with Gasteiger partial charge in [-0.05, 0) is 50.4 Å². The molecule has 0 aromatic carbocycles. The summed E-state index contributed by atoms with van der Waals surface area (Å²) in [5.41, 5.74) is 5.69. The Kier molecular flexibility index (Phi) is 6.06. The molecule has 0 heterocycles. The van der Waals surface area contributed by atoms with Gasteiger partial charge in [-0.3, -0.25) is 4.79 Å². The van der Waals surface area contributed by atoms with E-state index in [4.69, 9.17) is 10.5 Å². The fourth-order valence-corrected chi connectivity index (χ4v) is 3.80. The van der Waals surface area contributed by atoms with Crippen LogP contribution < -0.4 is 11.1 Å². The molecule has 122 valence electrons. The molecule has 0 saturated heterocycles. The van der Waals surface area contributed by atoms with Crippen LogP contribution in [0.25, 0.3) is 0 Å². The maximum absolute atomic E-state index is 12.0. The Balaban J connectivity index is 1.75. The standard InChI is InChI=1S/C17H32N2O2/c1-13(2)14-7-9-17(12-18,10-8-14)21-11-16(20)19-15-5-3-4-6-15/h13-15H,3-12,18H2,1-2H3,(H,19,20). The summed E-state index contributed by atoms with van der Waals surface area (Å²) in [6, 6.07) is 0.367. The molecule has 2 rings (SSSR count). The van der Waals surface area contributed by atoms with Crippen molar-refractivity contribution in [2.45, 2.75) is 76.9 Å². The Morgan fingerprint density at radius 3 is 2.38 bits per heavy atom. The van der Waals surface area contributed by atoms with Gasteiger partial charge in [0.25, 0.3) is 0 Å². The van der Waals surface area contributed by atoms with Crippen LogP contribution in [0, 0.1) is 11.8 Å². The molecule has 0 atom stereocenters. The lowest BCUT2D eigenvalue weighted by atomic mass is 9.74. The van der Waals surface area contributed by atoms with Crippen LogP contribution >= 0.6 is 0 Å². The van der Waals surface area contributed by atoms with Gasteiger partial charge >= 0.3 is 0 Å². The molecule has 0 radical (unpaired) electrons. The van der Waals surface area contributed by atoms with Crippen molar-refractivity contribution in [1.82, 2.24) is 5.32 Å². The predicted molar refractivity (Wildman–Crippen MR) is 84.9 cm³/mol. The third-order valence-corrected chi connectivity index (χ3v) is 5.49. The molecule has 0 bridgehead atoms. The molecule has 2 aliphatic rings. The number of amides is 1. The number of carbonyl (C=O) groups is 1. The Morgan fingerprint density at radius 1 is 1.24 bits per heavy atom. The first-order valence-electron chi connectivity index (χ1n) is 8.68. The van der Waals surface area contributed by atoms with Crippen molar-refractivity contribution in [3.8, 4) is 0 Å². The Hall–Kier alpha value is -0.610. The van der Waals surface area contributed by atoms with E-state index in [-0.39, 0.29) is 18.1 Å². The molecule has 2 aliphatic carbocycles. The fourth-order valence-electron chi connectivity index (χ4n) is 3.80. The summed E-state index contributed by atoms with van der Waals surface area (Å²) < 4.78 is 5.98. The normalized spacial score (nSPS) is 30.8. The van der Waals surface area contributed by atoms with Crippen LogP contribution in [-0.4, -0.2) is 30.7 Å². The summed E-state index contributed by atoms with van der Waals surface area (Å²) >= 11 is 0. The first-order valence-corrected chi connectivity index (χ1v) is 8.68. The quantitative estimate of drug-likeness (QED) is 0.792. The monoisotopic (exact) mass is 296 g/mol. The van der Waals surface area contributed by atoms with Gasteiger partial charge in [-0.15, -0.1) is 0 Å². The zero-order valence-corrected chi connectivity index (χ0v) is 13.7. The van der Waals surface area contributed by atoms with Gasteiger partial charge < -0.3 is 15.8 Å². The van der Waals surface area contributed by atoms with Crippen LogP contribution in [0.1, 0.15) is 65.2 Å². The molecule has 3 N–H and O–H groups in total. The van der Waals surface area contributed by atoms with Crippen LogP contribution in [0.4, 0.5) is 0 Å². The number of carbonyl (C=O) groups excluding carboxylic acids is 1. The van der Waals surface area contributed by atoms with Gasteiger partial charge in [0.1, 0.15) is 6.61 Å². The van der Waals surface area contributed by atoms with E-state index in [1.165, 1.54) is 25.7 Å². The summed E-state index contributed by atoms with van der Waals surface area (Å²) in [6.45, 7) is 5.26. The minimum atomic E-state index is -0.265. The summed E-state index contributed by atoms with van der Waals surface area (Å²) in [7, 11) is 0. The molecule has 0 aromatic heterocycles. The van der Waals surface area contributed by atoms with E-state index in [1.54, 1.807) is 0 Å². The lowest BCUT2D eigenvalue weighted by Gasteiger charge is -2.40. The van der Waals surface area contributed by atoms with Crippen molar-refractivity contribution in [2.75, 3.05) is 13.2 Å². The molecule has 2 saturated carbocycles. The van der Waals surface area contributed by atoms with Crippen molar-refractivity contribution < 1.29 is 9.53 Å². The minimum Gasteiger partial charge on any atom is -0.364 e. The molecule has 0 aliphatic heterocycles. The second kappa shape index (κ2) is 7.59. The van der Waals surface area contributed by atoms with Gasteiger partial charge in [-0.2, -0.15) is 0 Å². The number of nitrogens with one attached hydrogen (secondary N) is 1. The number of hydrogen-bond acceptors (Lipinski definition) is 3. The molecule has 4 nitrogen and oxygen atoms in total.